The minimum Gasteiger partial charge on any atom is -0.341 e. The number of hydrogen-bond donors (Lipinski definition) is 0. The van der Waals surface area contributed by atoms with Crippen LogP contribution in [0.2, 0.25) is 0 Å². The number of imidazole rings is 1. The van der Waals surface area contributed by atoms with Crippen LogP contribution in [0, 0.1) is 5.92 Å². The Morgan fingerprint density at radius 2 is 2.11 bits per heavy atom. The van der Waals surface area contributed by atoms with Crippen molar-refractivity contribution in [1.82, 2.24) is 29.0 Å². The van der Waals surface area contributed by atoms with Gasteiger partial charge in [-0.15, -0.1) is 0 Å². The van der Waals surface area contributed by atoms with Gasteiger partial charge >= 0.3 is 0 Å². The van der Waals surface area contributed by atoms with E-state index in [1.54, 1.807) is 12.5 Å². The van der Waals surface area contributed by atoms with Crippen molar-refractivity contribution < 1.29 is 4.79 Å². The van der Waals surface area contributed by atoms with Crippen LogP contribution in [-0.2, 0) is 7.05 Å². The van der Waals surface area contributed by atoms with E-state index in [1.807, 2.05) is 52.6 Å². The van der Waals surface area contributed by atoms with Gasteiger partial charge in [-0.25, -0.2) is 4.98 Å². The Labute approximate surface area is 159 Å². The molecule has 1 aliphatic heterocycles. The maximum Gasteiger partial charge on any atom is 0.255 e. The molecule has 7 heteroatoms. The Hall–Kier alpha value is -2.67. The number of rotatable bonds is 4. The van der Waals surface area contributed by atoms with Crippen LogP contribution >= 0.6 is 0 Å². The summed E-state index contributed by atoms with van der Waals surface area (Å²) in [4.78, 5) is 21.3. The maximum absolute atomic E-state index is 13.0. The molecule has 3 aromatic rings. The number of amides is 1. The smallest absolute Gasteiger partial charge is 0.255 e. The molecule has 1 saturated heterocycles. The summed E-state index contributed by atoms with van der Waals surface area (Å²) in [6.45, 7) is 1.80. The van der Waals surface area contributed by atoms with E-state index in [4.69, 9.17) is 0 Å². The lowest BCUT2D eigenvalue weighted by Gasteiger charge is -2.40. The van der Waals surface area contributed by atoms with Gasteiger partial charge in [0, 0.05) is 44.6 Å². The Bertz CT molecular complexity index is 945. The number of nitrogens with zero attached hydrogens (tertiary/aromatic N) is 6. The monoisotopic (exact) mass is 366 g/mol. The van der Waals surface area contributed by atoms with Gasteiger partial charge in [-0.05, 0) is 44.5 Å². The van der Waals surface area contributed by atoms with E-state index < -0.39 is 0 Å². The molecule has 7 nitrogen and oxygen atoms in total. The third kappa shape index (κ3) is 3.47. The highest BCUT2D eigenvalue weighted by Gasteiger charge is 2.33. The summed E-state index contributed by atoms with van der Waals surface area (Å²) in [5.41, 5.74) is 2.90. The molecule has 1 fully saturated rings. The molecule has 3 aromatic heterocycles. The summed E-state index contributed by atoms with van der Waals surface area (Å²) < 4.78 is 3.73. The molecule has 1 amide bonds. The summed E-state index contributed by atoms with van der Waals surface area (Å²) in [5.74, 6) is 0.433. The molecule has 27 heavy (non-hydrogen) atoms. The van der Waals surface area contributed by atoms with Crippen LogP contribution in [0.5, 0.6) is 0 Å². The molecule has 2 atom stereocenters. The van der Waals surface area contributed by atoms with Crippen molar-refractivity contribution in [1.29, 1.82) is 0 Å². The maximum atomic E-state index is 13.0. The zero-order valence-electron chi connectivity index (χ0n) is 16.1. The molecule has 1 aliphatic rings. The second kappa shape index (κ2) is 7.15. The van der Waals surface area contributed by atoms with Crippen molar-refractivity contribution in [2.75, 3.05) is 27.2 Å². The van der Waals surface area contributed by atoms with E-state index in [1.165, 1.54) is 5.56 Å². The van der Waals surface area contributed by atoms with Crippen molar-refractivity contribution in [2.45, 2.75) is 18.9 Å². The van der Waals surface area contributed by atoms with Gasteiger partial charge < -0.3 is 9.30 Å². The molecule has 0 saturated carbocycles. The van der Waals surface area contributed by atoms with Gasteiger partial charge in [-0.1, -0.05) is 0 Å². The Morgan fingerprint density at radius 1 is 1.26 bits per heavy atom. The average molecular weight is 366 g/mol. The van der Waals surface area contributed by atoms with Crippen LogP contribution in [0.3, 0.4) is 0 Å². The first-order valence-corrected chi connectivity index (χ1v) is 9.39. The highest BCUT2D eigenvalue weighted by atomic mass is 16.2. The van der Waals surface area contributed by atoms with E-state index in [9.17, 15) is 4.79 Å². The van der Waals surface area contributed by atoms with Gasteiger partial charge in [0.25, 0.3) is 5.91 Å². The molecular formula is C20H26N6O. The van der Waals surface area contributed by atoms with Gasteiger partial charge in [0.05, 0.1) is 29.8 Å². The third-order valence-corrected chi connectivity index (χ3v) is 5.58. The third-order valence-electron chi connectivity index (χ3n) is 5.58. The number of carbonyl (C=O) groups excluding carboxylic acids is 1. The standard InChI is InChI=1S/C20H26N6O/c1-23-8-4-5-15(19(23)17-9-22-25(3)12-17)11-24(2)20(27)16-6-7-18-10-21-14-26(18)13-16/h6-7,9-10,12-15,19H,4-5,8,11H2,1-3H3/t15-,19+/m0/s1. The van der Waals surface area contributed by atoms with Gasteiger partial charge in [-0.3, -0.25) is 14.4 Å². The molecular weight excluding hydrogens is 340 g/mol. The topological polar surface area (TPSA) is 58.7 Å². The Morgan fingerprint density at radius 3 is 2.89 bits per heavy atom. The fraction of sp³-hybridized carbons (Fsp3) is 0.450. The van der Waals surface area contributed by atoms with Crippen LogP contribution in [-0.4, -0.2) is 62.1 Å². The zero-order valence-corrected chi connectivity index (χ0v) is 16.1. The fourth-order valence-corrected chi connectivity index (χ4v) is 4.27. The van der Waals surface area contributed by atoms with E-state index in [2.05, 4.69) is 28.2 Å². The van der Waals surface area contributed by atoms with Gasteiger partial charge in [0.15, 0.2) is 0 Å². The minimum absolute atomic E-state index is 0.0452. The zero-order chi connectivity index (χ0) is 19.0. The normalized spacial score (nSPS) is 20.9. The highest BCUT2D eigenvalue weighted by Crippen LogP contribution is 2.35. The Balaban J connectivity index is 1.52. The number of aromatic nitrogens is 4. The van der Waals surface area contributed by atoms with Gasteiger partial charge in [-0.2, -0.15) is 5.10 Å². The van der Waals surface area contributed by atoms with Crippen LogP contribution in [0.4, 0.5) is 0 Å². The second-order valence-corrected chi connectivity index (χ2v) is 7.60. The lowest BCUT2D eigenvalue weighted by Crippen LogP contribution is -2.42. The van der Waals surface area contributed by atoms with Crippen molar-refractivity contribution in [2.24, 2.45) is 13.0 Å². The van der Waals surface area contributed by atoms with E-state index in [0.717, 1.165) is 31.4 Å². The summed E-state index contributed by atoms with van der Waals surface area (Å²) >= 11 is 0. The SMILES string of the molecule is CN(C[C@@H]1CCCN(C)[C@H]1c1cnn(C)c1)C(=O)c1ccc2cncn2c1. The predicted molar refractivity (Wildman–Crippen MR) is 103 cm³/mol. The first kappa shape index (κ1) is 17.7. The van der Waals surface area contributed by atoms with E-state index in [0.29, 0.717) is 17.5 Å². The van der Waals surface area contributed by atoms with Crippen molar-refractivity contribution in [3.63, 3.8) is 0 Å². The molecule has 142 valence electrons. The number of pyridine rings is 1. The number of aryl methyl sites for hydroxylation is 1. The summed E-state index contributed by atoms with van der Waals surface area (Å²) in [7, 11) is 6.01. The van der Waals surface area contributed by atoms with Crippen LogP contribution in [0.1, 0.15) is 34.8 Å². The molecule has 0 spiro atoms. The summed E-state index contributed by atoms with van der Waals surface area (Å²) in [6, 6.07) is 4.10. The number of piperidine rings is 1. The number of carbonyl (C=O) groups is 1. The van der Waals surface area contributed by atoms with Crippen molar-refractivity contribution in [3.8, 4) is 0 Å². The van der Waals surface area contributed by atoms with Crippen LogP contribution in [0.25, 0.3) is 5.52 Å². The lowest BCUT2D eigenvalue weighted by molar-refractivity contribution is 0.0645. The lowest BCUT2D eigenvalue weighted by atomic mass is 9.85. The van der Waals surface area contributed by atoms with Crippen LogP contribution < -0.4 is 0 Å². The van der Waals surface area contributed by atoms with Crippen LogP contribution in [0.15, 0.2) is 43.2 Å². The number of hydrogen-bond acceptors (Lipinski definition) is 4. The fourth-order valence-electron chi connectivity index (χ4n) is 4.27. The first-order chi connectivity index (χ1) is 13.0. The molecule has 0 aliphatic carbocycles. The summed E-state index contributed by atoms with van der Waals surface area (Å²) in [6.07, 6.45) is 11.7. The minimum atomic E-state index is 0.0452. The average Bonchev–Trinajstić information content (AvgIpc) is 3.29. The van der Waals surface area contributed by atoms with E-state index >= 15 is 0 Å². The molecule has 4 rings (SSSR count). The molecule has 0 bridgehead atoms. The quantitative estimate of drug-likeness (QED) is 0.710. The Kier molecular flexibility index (Phi) is 4.70. The van der Waals surface area contributed by atoms with Gasteiger partial charge in [0.1, 0.15) is 0 Å². The second-order valence-electron chi connectivity index (χ2n) is 7.60. The largest absolute Gasteiger partial charge is 0.341 e. The first-order valence-electron chi connectivity index (χ1n) is 9.39. The molecule has 0 N–H and O–H groups in total. The molecule has 0 unspecified atom stereocenters. The highest BCUT2D eigenvalue weighted by molar-refractivity contribution is 5.94. The van der Waals surface area contributed by atoms with Gasteiger partial charge in [0.2, 0.25) is 0 Å². The van der Waals surface area contributed by atoms with Crippen molar-refractivity contribution >= 4 is 11.4 Å². The number of likely N-dealkylation sites (tertiary alicyclic amines) is 1. The molecule has 0 radical (unpaired) electrons. The van der Waals surface area contributed by atoms with E-state index in [-0.39, 0.29) is 5.91 Å². The summed E-state index contributed by atoms with van der Waals surface area (Å²) in [5, 5.41) is 4.35. The predicted octanol–water partition coefficient (Wildman–Crippen LogP) is 2.22. The molecule has 0 aromatic carbocycles. The molecule has 4 heterocycles. The number of fused-ring (bicyclic) bond motifs is 1. The van der Waals surface area contributed by atoms with Crippen molar-refractivity contribution in [3.05, 3.63) is 54.4 Å².